The van der Waals surface area contributed by atoms with Crippen LogP contribution in [0.5, 0.6) is 17.5 Å². The van der Waals surface area contributed by atoms with Crippen molar-refractivity contribution in [3.05, 3.63) is 66.0 Å². The van der Waals surface area contributed by atoms with Crippen LogP contribution in [0.3, 0.4) is 0 Å². The summed E-state index contributed by atoms with van der Waals surface area (Å²) >= 11 is 0. The van der Waals surface area contributed by atoms with Gasteiger partial charge in [-0.2, -0.15) is 0 Å². The second-order valence-corrected chi connectivity index (χ2v) is 5.87. The van der Waals surface area contributed by atoms with Crippen LogP contribution in [-0.2, 0) is 12.8 Å². The summed E-state index contributed by atoms with van der Waals surface area (Å²) in [6.45, 7) is 0. The van der Waals surface area contributed by atoms with Crippen molar-refractivity contribution in [1.82, 2.24) is 9.97 Å². The number of benzene rings is 2. The maximum absolute atomic E-state index is 5.79. The quantitative estimate of drug-likeness (QED) is 0.713. The van der Waals surface area contributed by atoms with Crippen molar-refractivity contribution in [3.8, 4) is 28.6 Å². The number of methoxy groups -OCH3 is 1. The lowest BCUT2D eigenvalue weighted by Gasteiger charge is -2.07. The molecule has 0 atom stereocenters. The molecule has 0 bridgehead atoms. The number of rotatable bonds is 4. The van der Waals surface area contributed by atoms with Crippen LogP contribution < -0.4 is 9.47 Å². The Balaban J connectivity index is 1.51. The number of nitrogens with zero attached hydrogens (tertiary/aromatic N) is 2. The van der Waals surface area contributed by atoms with Gasteiger partial charge in [-0.15, -0.1) is 0 Å². The fraction of sp³-hybridized carbons (Fsp3) is 0.200. The predicted molar refractivity (Wildman–Crippen MR) is 92.6 cm³/mol. The van der Waals surface area contributed by atoms with Gasteiger partial charge in [0.1, 0.15) is 11.5 Å². The fourth-order valence-corrected chi connectivity index (χ4v) is 3.02. The van der Waals surface area contributed by atoms with E-state index < -0.39 is 0 Å². The van der Waals surface area contributed by atoms with Crippen LogP contribution in [0.15, 0.2) is 54.9 Å². The molecule has 4 heteroatoms. The minimum atomic E-state index is 0.366. The van der Waals surface area contributed by atoms with Gasteiger partial charge in [0.15, 0.2) is 0 Å². The molecule has 0 aliphatic heterocycles. The molecule has 0 saturated carbocycles. The van der Waals surface area contributed by atoms with Crippen molar-refractivity contribution in [2.75, 3.05) is 7.11 Å². The highest BCUT2D eigenvalue weighted by atomic mass is 16.5. The third-order valence-electron chi connectivity index (χ3n) is 4.33. The van der Waals surface area contributed by atoms with Crippen LogP contribution in [0.1, 0.15) is 17.5 Å². The predicted octanol–water partition coefficient (Wildman–Crippen LogP) is 4.43. The molecule has 1 aliphatic rings. The third kappa shape index (κ3) is 2.95. The number of aromatic nitrogens is 2. The molecule has 4 nitrogen and oxygen atoms in total. The summed E-state index contributed by atoms with van der Waals surface area (Å²) in [6.07, 6.45) is 7.08. The first-order valence-electron chi connectivity index (χ1n) is 8.08. The van der Waals surface area contributed by atoms with E-state index in [0.717, 1.165) is 29.0 Å². The lowest BCUT2D eigenvalue weighted by Crippen LogP contribution is -1.93. The average Bonchev–Trinajstić information content (AvgIpc) is 3.10. The largest absolute Gasteiger partial charge is 0.497 e. The van der Waals surface area contributed by atoms with E-state index >= 15 is 0 Å². The van der Waals surface area contributed by atoms with Crippen LogP contribution in [-0.4, -0.2) is 17.1 Å². The zero-order valence-corrected chi connectivity index (χ0v) is 13.5. The number of hydrogen-bond donors (Lipinski definition) is 0. The van der Waals surface area contributed by atoms with Crippen molar-refractivity contribution in [1.29, 1.82) is 0 Å². The average molecular weight is 318 g/mol. The Labute approximate surface area is 141 Å². The third-order valence-corrected chi connectivity index (χ3v) is 4.33. The molecule has 3 aromatic rings. The number of ether oxygens (including phenoxy) is 2. The topological polar surface area (TPSA) is 44.2 Å². The summed E-state index contributed by atoms with van der Waals surface area (Å²) < 4.78 is 11.0. The van der Waals surface area contributed by atoms with Gasteiger partial charge in [0.25, 0.3) is 0 Å². The lowest BCUT2D eigenvalue weighted by atomic mass is 10.1. The minimum absolute atomic E-state index is 0.366. The molecule has 1 aromatic heterocycles. The summed E-state index contributed by atoms with van der Waals surface area (Å²) in [5, 5.41) is 0. The normalized spacial score (nSPS) is 12.7. The second-order valence-electron chi connectivity index (χ2n) is 5.87. The summed E-state index contributed by atoms with van der Waals surface area (Å²) in [5.41, 5.74) is 4.79. The molecule has 0 fully saturated rings. The van der Waals surface area contributed by atoms with E-state index in [2.05, 4.69) is 22.1 Å². The van der Waals surface area contributed by atoms with Crippen molar-refractivity contribution in [3.63, 3.8) is 0 Å². The van der Waals surface area contributed by atoms with Gasteiger partial charge >= 0.3 is 6.01 Å². The number of aryl methyl sites for hydroxylation is 2. The Kier molecular flexibility index (Phi) is 3.87. The van der Waals surface area contributed by atoms with Crippen molar-refractivity contribution in [2.45, 2.75) is 19.3 Å². The number of fused-ring (bicyclic) bond motifs is 1. The highest BCUT2D eigenvalue weighted by Gasteiger charge is 2.12. The summed E-state index contributed by atoms with van der Waals surface area (Å²) in [7, 11) is 1.66. The molecule has 0 radical (unpaired) electrons. The van der Waals surface area contributed by atoms with E-state index in [4.69, 9.17) is 9.47 Å². The summed E-state index contributed by atoms with van der Waals surface area (Å²) in [6, 6.07) is 14.4. The van der Waals surface area contributed by atoms with Crippen molar-refractivity contribution in [2.24, 2.45) is 0 Å². The summed E-state index contributed by atoms with van der Waals surface area (Å²) in [4.78, 5) is 8.64. The molecule has 0 N–H and O–H groups in total. The van der Waals surface area contributed by atoms with Gasteiger partial charge in [-0.1, -0.05) is 18.2 Å². The SMILES string of the molecule is COc1ccc(-c2cnc(Oc3ccc4c(c3)CCC4)nc2)cc1. The Morgan fingerprint density at radius 3 is 2.25 bits per heavy atom. The van der Waals surface area contributed by atoms with E-state index in [9.17, 15) is 0 Å². The molecular weight excluding hydrogens is 300 g/mol. The molecule has 0 saturated heterocycles. The van der Waals surface area contributed by atoms with Gasteiger partial charge in [0.2, 0.25) is 0 Å². The zero-order chi connectivity index (χ0) is 16.4. The van der Waals surface area contributed by atoms with Crippen molar-refractivity contribution < 1.29 is 9.47 Å². The molecule has 0 spiro atoms. The maximum atomic E-state index is 5.79. The van der Waals surface area contributed by atoms with Gasteiger partial charge < -0.3 is 9.47 Å². The smallest absolute Gasteiger partial charge is 0.321 e. The first kappa shape index (κ1) is 14.7. The zero-order valence-electron chi connectivity index (χ0n) is 13.5. The van der Waals surface area contributed by atoms with Gasteiger partial charge in [0.05, 0.1) is 7.11 Å². The van der Waals surface area contributed by atoms with Gasteiger partial charge in [0, 0.05) is 18.0 Å². The van der Waals surface area contributed by atoms with Gasteiger partial charge in [-0.25, -0.2) is 9.97 Å². The standard InChI is InChI=1S/C20H18N2O2/c1-23-18-8-5-15(6-9-18)17-12-21-20(22-13-17)24-19-10-7-14-3-2-4-16(14)11-19/h5-13H,2-4H2,1H3. The maximum Gasteiger partial charge on any atom is 0.321 e. The van der Waals surface area contributed by atoms with E-state index in [0.29, 0.717) is 6.01 Å². The first-order chi connectivity index (χ1) is 11.8. The molecule has 0 unspecified atom stereocenters. The molecule has 0 amide bonds. The Morgan fingerprint density at radius 2 is 1.50 bits per heavy atom. The molecule has 1 aliphatic carbocycles. The first-order valence-corrected chi connectivity index (χ1v) is 8.08. The molecule has 2 aromatic carbocycles. The molecule has 120 valence electrons. The van der Waals surface area contributed by atoms with E-state index in [-0.39, 0.29) is 0 Å². The molecule has 1 heterocycles. The second kappa shape index (κ2) is 6.32. The number of hydrogen-bond acceptors (Lipinski definition) is 4. The molecular formula is C20H18N2O2. The lowest BCUT2D eigenvalue weighted by molar-refractivity contribution is 0.415. The van der Waals surface area contributed by atoms with Crippen LogP contribution in [0.2, 0.25) is 0 Å². The summed E-state index contributed by atoms with van der Waals surface area (Å²) in [5.74, 6) is 1.63. The Bertz CT molecular complexity index is 843. The highest BCUT2D eigenvalue weighted by molar-refractivity contribution is 5.62. The monoisotopic (exact) mass is 318 g/mol. The highest BCUT2D eigenvalue weighted by Crippen LogP contribution is 2.28. The van der Waals surface area contributed by atoms with Crippen LogP contribution in [0, 0.1) is 0 Å². The Hall–Kier alpha value is -2.88. The van der Waals surface area contributed by atoms with Crippen molar-refractivity contribution >= 4 is 0 Å². The van der Waals surface area contributed by atoms with Gasteiger partial charge in [-0.05, 0) is 60.2 Å². The van der Waals surface area contributed by atoms with E-state index in [1.165, 1.54) is 24.0 Å². The molecule has 24 heavy (non-hydrogen) atoms. The Morgan fingerprint density at radius 1 is 0.792 bits per heavy atom. The van der Waals surface area contributed by atoms with Gasteiger partial charge in [-0.3, -0.25) is 0 Å². The fourth-order valence-electron chi connectivity index (χ4n) is 3.02. The van der Waals surface area contributed by atoms with Crippen LogP contribution in [0.25, 0.3) is 11.1 Å². The minimum Gasteiger partial charge on any atom is -0.497 e. The van der Waals surface area contributed by atoms with Crippen LogP contribution >= 0.6 is 0 Å². The molecule has 4 rings (SSSR count). The van der Waals surface area contributed by atoms with E-state index in [1.807, 2.05) is 30.3 Å². The van der Waals surface area contributed by atoms with E-state index in [1.54, 1.807) is 19.5 Å². The van der Waals surface area contributed by atoms with Crippen LogP contribution in [0.4, 0.5) is 0 Å².